The summed E-state index contributed by atoms with van der Waals surface area (Å²) in [7, 11) is 0. The van der Waals surface area contributed by atoms with Crippen LogP contribution in [-0.4, -0.2) is 4.98 Å². The zero-order valence-corrected chi connectivity index (χ0v) is 11.8. The molecule has 0 bridgehead atoms. The molecule has 0 spiro atoms. The SMILES string of the molecule is CC(N)c1ccc(Sc2ccc(C(F)(F)F)cn2)c(F)c1. The second kappa shape index (κ2) is 6.03. The smallest absolute Gasteiger partial charge is 0.324 e. The molecular formula is C14H12F4N2S. The van der Waals surface area contributed by atoms with Crippen molar-refractivity contribution < 1.29 is 17.6 Å². The van der Waals surface area contributed by atoms with Crippen LogP contribution in [0.3, 0.4) is 0 Å². The van der Waals surface area contributed by atoms with E-state index in [4.69, 9.17) is 5.73 Å². The molecule has 1 heterocycles. The Labute approximate surface area is 123 Å². The molecule has 0 fully saturated rings. The molecule has 0 aliphatic rings. The van der Waals surface area contributed by atoms with Crippen molar-refractivity contribution in [2.24, 2.45) is 5.73 Å². The van der Waals surface area contributed by atoms with Gasteiger partial charge in [0, 0.05) is 17.1 Å². The first kappa shape index (κ1) is 15.8. The molecule has 1 aromatic carbocycles. The number of hydrogen-bond donors (Lipinski definition) is 1. The van der Waals surface area contributed by atoms with Crippen LogP contribution >= 0.6 is 11.8 Å². The molecule has 1 atom stereocenters. The summed E-state index contributed by atoms with van der Waals surface area (Å²) >= 11 is 0.960. The highest BCUT2D eigenvalue weighted by Crippen LogP contribution is 2.32. The number of alkyl halides is 3. The summed E-state index contributed by atoms with van der Waals surface area (Å²) in [6.45, 7) is 1.74. The van der Waals surface area contributed by atoms with E-state index in [0.717, 1.165) is 24.0 Å². The molecular weight excluding hydrogens is 304 g/mol. The fourth-order valence-corrected chi connectivity index (χ4v) is 2.36. The standard InChI is InChI=1S/C14H12F4N2S/c1-8(19)9-2-4-12(11(15)6-9)21-13-5-3-10(7-20-13)14(16,17)18/h2-8H,19H2,1H3. The molecule has 0 saturated carbocycles. The summed E-state index contributed by atoms with van der Waals surface area (Å²) in [5.41, 5.74) is 5.47. The monoisotopic (exact) mass is 316 g/mol. The Morgan fingerprint density at radius 2 is 1.90 bits per heavy atom. The average Bonchev–Trinajstić information content (AvgIpc) is 2.40. The number of nitrogens with two attached hydrogens (primary N) is 1. The molecule has 0 saturated heterocycles. The summed E-state index contributed by atoms with van der Waals surface area (Å²) in [5.74, 6) is -0.475. The van der Waals surface area contributed by atoms with E-state index in [0.29, 0.717) is 5.56 Å². The summed E-state index contributed by atoms with van der Waals surface area (Å²) < 4.78 is 51.1. The number of rotatable bonds is 3. The minimum Gasteiger partial charge on any atom is -0.324 e. The predicted octanol–water partition coefficient (Wildman–Crippen LogP) is 4.41. The highest BCUT2D eigenvalue weighted by molar-refractivity contribution is 7.99. The lowest BCUT2D eigenvalue weighted by Gasteiger charge is -2.09. The molecule has 2 N–H and O–H groups in total. The van der Waals surface area contributed by atoms with Gasteiger partial charge in [0.25, 0.3) is 0 Å². The van der Waals surface area contributed by atoms with Gasteiger partial charge in [0.15, 0.2) is 0 Å². The van der Waals surface area contributed by atoms with Crippen LogP contribution < -0.4 is 5.73 Å². The van der Waals surface area contributed by atoms with Crippen molar-refractivity contribution in [2.75, 3.05) is 0 Å². The number of aromatic nitrogens is 1. The van der Waals surface area contributed by atoms with Crippen LogP contribution in [0.1, 0.15) is 24.1 Å². The zero-order chi connectivity index (χ0) is 15.6. The highest BCUT2D eigenvalue weighted by Gasteiger charge is 2.30. The number of halogens is 4. The van der Waals surface area contributed by atoms with Crippen LogP contribution in [0, 0.1) is 5.82 Å². The topological polar surface area (TPSA) is 38.9 Å². The van der Waals surface area contributed by atoms with E-state index < -0.39 is 17.6 Å². The molecule has 0 aliphatic carbocycles. The number of pyridine rings is 1. The highest BCUT2D eigenvalue weighted by atomic mass is 32.2. The van der Waals surface area contributed by atoms with E-state index in [2.05, 4.69) is 4.98 Å². The molecule has 2 aromatic rings. The van der Waals surface area contributed by atoms with Crippen molar-refractivity contribution in [1.82, 2.24) is 4.98 Å². The van der Waals surface area contributed by atoms with Gasteiger partial charge in [-0.3, -0.25) is 0 Å². The Morgan fingerprint density at radius 1 is 1.19 bits per heavy atom. The minimum atomic E-state index is -4.43. The maximum absolute atomic E-state index is 13.9. The van der Waals surface area contributed by atoms with Crippen molar-refractivity contribution in [2.45, 2.75) is 29.1 Å². The summed E-state index contributed by atoms with van der Waals surface area (Å²) in [5, 5.41) is 0.287. The van der Waals surface area contributed by atoms with E-state index in [-0.39, 0.29) is 16.0 Å². The Bertz CT molecular complexity index is 624. The lowest BCUT2D eigenvalue weighted by Crippen LogP contribution is -2.05. The van der Waals surface area contributed by atoms with Crippen molar-refractivity contribution in [3.63, 3.8) is 0 Å². The lowest BCUT2D eigenvalue weighted by molar-refractivity contribution is -0.137. The van der Waals surface area contributed by atoms with Crippen molar-refractivity contribution in [3.8, 4) is 0 Å². The molecule has 0 aliphatic heterocycles. The van der Waals surface area contributed by atoms with Gasteiger partial charge >= 0.3 is 6.18 Å². The van der Waals surface area contributed by atoms with Gasteiger partial charge in [-0.1, -0.05) is 17.8 Å². The van der Waals surface area contributed by atoms with Gasteiger partial charge in [-0.25, -0.2) is 9.37 Å². The van der Waals surface area contributed by atoms with Crippen molar-refractivity contribution in [3.05, 3.63) is 53.5 Å². The van der Waals surface area contributed by atoms with Crippen LogP contribution in [-0.2, 0) is 6.18 Å². The average molecular weight is 316 g/mol. The van der Waals surface area contributed by atoms with E-state index in [1.54, 1.807) is 13.0 Å². The molecule has 112 valence electrons. The van der Waals surface area contributed by atoms with E-state index in [1.807, 2.05) is 0 Å². The van der Waals surface area contributed by atoms with Gasteiger partial charge in [0.2, 0.25) is 0 Å². The van der Waals surface area contributed by atoms with Crippen LogP contribution in [0.4, 0.5) is 17.6 Å². The maximum Gasteiger partial charge on any atom is 0.417 e. The lowest BCUT2D eigenvalue weighted by atomic mass is 10.1. The summed E-state index contributed by atoms with van der Waals surface area (Å²) in [6.07, 6.45) is -3.70. The number of hydrogen-bond acceptors (Lipinski definition) is 3. The predicted molar refractivity (Wildman–Crippen MR) is 72.4 cm³/mol. The quantitative estimate of drug-likeness (QED) is 0.853. The Morgan fingerprint density at radius 3 is 2.38 bits per heavy atom. The van der Waals surface area contributed by atoms with Gasteiger partial charge in [-0.15, -0.1) is 0 Å². The van der Waals surface area contributed by atoms with Gasteiger partial charge in [-0.05, 0) is 36.8 Å². The number of benzene rings is 1. The minimum absolute atomic E-state index is 0.284. The molecule has 7 heteroatoms. The van der Waals surface area contributed by atoms with Gasteiger partial charge in [0.1, 0.15) is 10.8 Å². The Kier molecular flexibility index (Phi) is 4.53. The largest absolute Gasteiger partial charge is 0.417 e. The van der Waals surface area contributed by atoms with E-state index in [9.17, 15) is 17.6 Å². The maximum atomic E-state index is 13.9. The van der Waals surface area contributed by atoms with Crippen LogP contribution in [0.15, 0.2) is 46.5 Å². The molecule has 2 rings (SSSR count). The van der Waals surface area contributed by atoms with E-state index in [1.165, 1.54) is 18.2 Å². The third-order valence-electron chi connectivity index (χ3n) is 2.76. The molecule has 0 amide bonds. The third-order valence-corrected chi connectivity index (χ3v) is 3.76. The first-order valence-electron chi connectivity index (χ1n) is 6.03. The fraction of sp³-hybridized carbons (Fsp3) is 0.214. The van der Waals surface area contributed by atoms with Crippen LogP contribution in [0.5, 0.6) is 0 Å². The Balaban J connectivity index is 2.19. The summed E-state index contributed by atoms with van der Waals surface area (Å²) in [4.78, 5) is 3.97. The normalized spacial score (nSPS) is 13.2. The molecule has 21 heavy (non-hydrogen) atoms. The van der Waals surface area contributed by atoms with Crippen LogP contribution in [0.2, 0.25) is 0 Å². The first-order chi connectivity index (χ1) is 9.77. The van der Waals surface area contributed by atoms with Gasteiger partial charge < -0.3 is 5.73 Å². The van der Waals surface area contributed by atoms with Gasteiger partial charge in [0.05, 0.1) is 5.56 Å². The second-order valence-corrected chi connectivity index (χ2v) is 5.53. The zero-order valence-electron chi connectivity index (χ0n) is 11.0. The second-order valence-electron chi connectivity index (χ2n) is 4.46. The molecule has 2 nitrogen and oxygen atoms in total. The van der Waals surface area contributed by atoms with Crippen LogP contribution in [0.25, 0.3) is 0 Å². The van der Waals surface area contributed by atoms with E-state index >= 15 is 0 Å². The van der Waals surface area contributed by atoms with Crippen molar-refractivity contribution >= 4 is 11.8 Å². The van der Waals surface area contributed by atoms with Crippen molar-refractivity contribution in [1.29, 1.82) is 0 Å². The van der Waals surface area contributed by atoms with Gasteiger partial charge in [-0.2, -0.15) is 13.2 Å². The molecule has 1 unspecified atom stereocenters. The number of nitrogens with zero attached hydrogens (tertiary/aromatic N) is 1. The molecule has 0 radical (unpaired) electrons. The third kappa shape index (κ3) is 3.95. The fourth-order valence-electron chi connectivity index (χ4n) is 1.60. The first-order valence-corrected chi connectivity index (χ1v) is 6.85. The molecule has 1 aromatic heterocycles. The Hall–Kier alpha value is -1.60. The summed E-state index contributed by atoms with van der Waals surface area (Å²) in [6, 6.07) is 6.38.